The van der Waals surface area contributed by atoms with Gasteiger partial charge in [0.15, 0.2) is 6.61 Å². The molecular formula is C21H26N2O5S. The van der Waals surface area contributed by atoms with E-state index >= 15 is 0 Å². The monoisotopic (exact) mass is 418 g/mol. The number of nitrogens with one attached hydrogen (secondary N) is 1. The highest BCUT2D eigenvalue weighted by molar-refractivity contribution is 7.89. The van der Waals surface area contributed by atoms with Gasteiger partial charge in [-0.2, -0.15) is 4.31 Å². The zero-order valence-corrected chi connectivity index (χ0v) is 18.0. The third-order valence-electron chi connectivity index (χ3n) is 4.48. The van der Waals surface area contributed by atoms with Gasteiger partial charge in [-0.05, 0) is 63.1 Å². The zero-order chi connectivity index (χ0) is 21.8. The minimum Gasteiger partial charge on any atom is -0.452 e. The molecule has 0 aliphatic rings. The van der Waals surface area contributed by atoms with Gasteiger partial charge in [0, 0.05) is 18.8 Å². The van der Waals surface area contributed by atoms with Crippen molar-refractivity contribution in [3.63, 3.8) is 0 Å². The number of carbonyl (C=O) groups is 2. The maximum absolute atomic E-state index is 12.6. The number of ether oxygens (including phenoxy) is 1. The Labute approximate surface area is 171 Å². The summed E-state index contributed by atoms with van der Waals surface area (Å²) < 4.78 is 31.4. The fraction of sp³-hybridized carbons (Fsp3) is 0.333. The number of amides is 1. The van der Waals surface area contributed by atoms with Crippen molar-refractivity contribution in [3.05, 3.63) is 59.2 Å². The van der Waals surface area contributed by atoms with Gasteiger partial charge < -0.3 is 10.1 Å². The molecule has 0 aliphatic carbocycles. The van der Waals surface area contributed by atoms with Crippen molar-refractivity contribution in [2.75, 3.05) is 19.0 Å². The van der Waals surface area contributed by atoms with Crippen molar-refractivity contribution >= 4 is 27.6 Å². The molecule has 7 nitrogen and oxygen atoms in total. The number of anilines is 1. The van der Waals surface area contributed by atoms with Gasteiger partial charge in [-0.25, -0.2) is 13.2 Å². The second kappa shape index (κ2) is 9.19. The van der Waals surface area contributed by atoms with Crippen LogP contribution in [0, 0.1) is 13.8 Å². The summed E-state index contributed by atoms with van der Waals surface area (Å²) in [5.74, 6) is -1.25. The molecule has 0 atom stereocenters. The average Bonchev–Trinajstić information content (AvgIpc) is 2.68. The second-order valence-corrected chi connectivity index (χ2v) is 9.08. The molecule has 2 aromatic carbocycles. The van der Waals surface area contributed by atoms with Gasteiger partial charge >= 0.3 is 5.97 Å². The van der Waals surface area contributed by atoms with Crippen molar-refractivity contribution < 1.29 is 22.7 Å². The Balaban J connectivity index is 2.06. The molecule has 2 aromatic rings. The number of aryl methyl sites for hydroxylation is 2. The van der Waals surface area contributed by atoms with Crippen molar-refractivity contribution in [2.45, 2.75) is 38.6 Å². The summed E-state index contributed by atoms with van der Waals surface area (Å²) in [5.41, 5.74) is 2.59. The van der Waals surface area contributed by atoms with E-state index in [-0.39, 0.29) is 16.5 Å². The van der Waals surface area contributed by atoms with Crippen molar-refractivity contribution in [1.29, 1.82) is 0 Å². The highest BCUT2D eigenvalue weighted by Crippen LogP contribution is 2.19. The molecule has 0 saturated heterocycles. The van der Waals surface area contributed by atoms with Crippen LogP contribution >= 0.6 is 0 Å². The van der Waals surface area contributed by atoms with E-state index in [1.807, 2.05) is 32.0 Å². The third kappa shape index (κ3) is 5.65. The number of sulfonamides is 1. The first kappa shape index (κ1) is 22.6. The molecule has 2 rings (SSSR count). The summed E-state index contributed by atoms with van der Waals surface area (Å²) in [6.45, 7) is 6.80. The standard InChI is InChI=1S/C21H26N2O5S/c1-14(2)23(5)29(26,27)18-8-6-7-17(12-18)21(25)28-13-20(24)22-19-11-15(3)9-10-16(19)4/h6-12,14H,13H2,1-5H3,(H,22,24). The molecule has 0 saturated carbocycles. The summed E-state index contributed by atoms with van der Waals surface area (Å²) in [5, 5.41) is 2.70. The third-order valence-corrected chi connectivity index (χ3v) is 6.51. The van der Waals surface area contributed by atoms with Crippen LogP contribution in [0.2, 0.25) is 0 Å². The first-order valence-corrected chi connectivity index (χ1v) is 10.6. The molecule has 0 heterocycles. The van der Waals surface area contributed by atoms with Gasteiger partial charge in [-0.3, -0.25) is 4.79 Å². The topological polar surface area (TPSA) is 92.8 Å². The lowest BCUT2D eigenvalue weighted by Crippen LogP contribution is -2.33. The van der Waals surface area contributed by atoms with E-state index in [0.29, 0.717) is 5.69 Å². The largest absolute Gasteiger partial charge is 0.452 e. The normalized spacial score (nSPS) is 11.6. The van der Waals surface area contributed by atoms with Crippen LogP contribution in [0.1, 0.15) is 35.3 Å². The number of carbonyl (C=O) groups excluding carboxylic acids is 2. The number of hydrogen-bond donors (Lipinski definition) is 1. The van der Waals surface area contributed by atoms with Crippen LogP contribution < -0.4 is 5.32 Å². The summed E-state index contributed by atoms with van der Waals surface area (Å²) in [7, 11) is -2.25. The molecule has 0 aromatic heterocycles. The summed E-state index contributed by atoms with van der Waals surface area (Å²) >= 11 is 0. The summed E-state index contributed by atoms with van der Waals surface area (Å²) in [6.07, 6.45) is 0. The SMILES string of the molecule is Cc1ccc(C)c(NC(=O)COC(=O)c2cccc(S(=O)(=O)N(C)C(C)C)c2)c1. The molecule has 8 heteroatoms. The fourth-order valence-electron chi connectivity index (χ4n) is 2.50. The Hall–Kier alpha value is -2.71. The Morgan fingerprint density at radius 2 is 1.79 bits per heavy atom. The van der Waals surface area contributed by atoms with Crippen LogP contribution in [-0.4, -0.2) is 44.3 Å². The van der Waals surface area contributed by atoms with Gasteiger partial charge in [-0.15, -0.1) is 0 Å². The molecular weight excluding hydrogens is 392 g/mol. The minimum absolute atomic E-state index is 0.0111. The zero-order valence-electron chi connectivity index (χ0n) is 17.2. The maximum Gasteiger partial charge on any atom is 0.338 e. The van der Waals surface area contributed by atoms with Gasteiger partial charge in [0.1, 0.15) is 0 Å². The average molecular weight is 419 g/mol. The van der Waals surface area contributed by atoms with Gasteiger partial charge in [0.2, 0.25) is 10.0 Å². The molecule has 0 bridgehead atoms. The van der Waals surface area contributed by atoms with Crippen molar-refractivity contribution in [2.24, 2.45) is 0 Å². The number of hydrogen-bond acceptors (Lipinski definition) is 5. The molecule has 0 unspecified atom stereocenters. The molecule has 0 aliphatic heterocycles. The Morgan fingerprint density at radius 1 is 1.10 bits per heavy atom. The van der Waals surface area contributed by atoms with E-state index in [1.165, 1.54) is 35.6 Å². The van der Waals surface area contributed by atoms with Crippen LogP contribution in [0.4, 0.5) is 5.69 Å². The predicted molar refractivity (Wildman–Crippen MR) is 111 cm³/mol. The Morgan fingerprint density at radius 3 is 2.45 bits per heavy atom. The lowest BCUT2D eigenvalue weighted by atomic mass is 10.1. The molecule has 29 heavy (non-hydrogen) atoms. The molecule has 1 amide bonds. The van der Waals surface area contributed by atoms with Crippen LogP contribution in [0.25, 0.3) is 0 Å². The lowest BCUT2D eigenvalue weighted by Gasteiger charge is -2.21. The number of nitrogens with zero attached hydrogens (tertiary/aromatic N) is 1. The van der Waals surface area contributed by atoms with Crippen LogP contribution in [0.15, 0.2) is 47.4 Å². The van der Waals surface area contributed by atoms with Crippen LogP contribution in [0.3, 0.4) is 0 Å². The minimum atomic E-state index is -3.73. The van der Waals surface area contributed by atoms with E-state index in [4.69, 9.17) is 4.74 Å². The second-order valence-electron chi connectivity index (χ2n) is 7.09. The fourth-order valence-corrected chi connectivity index (χ4v) is 3.91. The quantitative estimate of drug-likeness (QED) is 0.698. The van der Waals surface area contributed by atoms with E-state index in [1.54, 1.807) is 13.8 Å². The Bertz CT molecular complexity index is 1020. The highest BCUT2D eigenvalue weighted by atomic mass is 32.2. The van der Waals surface area contributed by atoms with Gasteiger partial charge in [0.05, 0.1) is 10.5 Å². The molecule has 0 spiro atoms. The first-order chi connectivity index (χ1) is 13.5. The van der Waals surface area contributed by atoms with E-state index in [2.05, 4.69) is 5.32 Å². The molecule has 1 N–H and O–H groups in total. The van der Waals surface area contributed by atoms with Crippen molar-refractivity contribution in [1.82, 2.24) is 4.31 Å². The molecule has 156 valence electrons. The summed E-state index contributed by atoms with van der Waals surface area (Å²) in [6, 6.07) is 11.0. The Kier molecular flexibility index (Phi) is 7.16. The van der Waals surface area contributed by atoms with E-state index < -0.39 is 28.5 Å². The first-order valence-electron chi connectivity index (χ1n) is 9.14. The van der Waals surface area contributed by atoms with Crippen LogP contribution in [0.5, 0.6) is 0 Å². The van der Waals surface area contributed by atoms with Gasteiger partial charge in [0.25, 0.3) is 5.91 Å². The summed E-state index contributed by atoms with van der Waals surface area (Å²) in [4.78, 5) is 24.4. The lowest BCUT2D eigenvalue weighted by molar-refractivity contribution is -0.119. The number of rotatable bonds is 7. The van der Waals surface area contributed by atoms with E-state index in [0.717, 1.165) is 11.1 Å². The van der Waals surface area contributed by atoms with Crippen LogP contribution in [-0.2, 0) is 19.6 Å². The molecule has 0 fully saturated rings. The van der Waals surface area contributed by atoms with E-state index in [9.17, 15) is 18.0 Å². The highest BCUT2D eigenvalue weighted by Gasteiger charge is 2.24. The number of esters is 1. The maximum atomic E-state index is 12.6. The van der Waals surface area contributed by atoms with Crippen molar-refractivity contribution in [3.8, 4) is 0 Å². The smallest absolute Gasteiger partial charge is 0.338 e. The van der Waals surface area contributed by atoms with Gasteiger partial charge in [-0.1, -0.05) is 18.2 Å². The predicted octanol–water partition coefficient (Wildman–Crippen LogP) is 3.13. The number of benzene rings is 2. The molecule has 0 radical (unpaired) electrons.